The van der Waals surface area contributed by atoms with Gasteiger partial charge in [0.15, 0.2) is 12.1 Å². The van der Waals surface area contributed by atoms with E-state index in [2.05, 4.69) is 25.2 Å². The second kappa shape index (κ2) is 32.6. The molecule has 3 heterocycles. The molecule has 3 aliphatic rings. The van der Waals surface area contributed by atoms with Crippen molar-refractivity contribution < 1.29 is 84.0 Å². The van der Waals surface area contributed by atoms with Crippen LogP contribution in [-0.4, -0.2) is 175 Å². The lowest BCUT2D eigenvalue weighted by molar-refractivity contribution is -0.309. The van der Waals surface area contributed by atoms with Crippen LogP contribution in [-0.2, 0) is 38.1 Å². The lowest BCUT2D eigenvalue weighted by atomic mass is 9.82. The number of nitrogens with one attached hydrogen (secondary N) is 1. The van der Waals surface area contributed by atoms with E-state index in [9.17, 15) is 60.3 Å². The van der Waals surface area contributed by atoms with Crippen LogP contribution in [0.1, 0.15) is 98.8 Å². The second-order valence-electron chi connectivity index (χ2n) is 20.1. The summed E-state index contributed by atoms with van der Waals surface area (Å²) in [6.07, 6.45) is 6.03. The Labute approximate surface area is 436 Å². The number of aliphatic hydroxyl groups is 9. The molecule has 1 amide bonds. The summed E-state index contributed by atoms with van der Waals surface area (Å²) >= 11 is 0. The molecular formula is C54H87N3O17. The summed E-state index contributed by atoms with van der Waals surface area (Å²) in [5.74, 6) is -5.62. The van der Waals surface area contributed by atoms with E-state index in [0.29, 0.717) is 13.0 Å². The Morgan fingerprint density at radius 3 is 1.92 bits per heavy atom. The number of nitrogens with two attached hydrogens (primary N) is 2. The lowest BCUT2D eigenvalue weighted by Gasteiger charge is -2.46. The van der Waals surface area contributed by atoms with Crippen LogP contribution < -0.4 is 16.8 Å². The number of ether oxygens (including phenoxy) is 5. The molecule has 0 spiro atoms. The van der Waals surface area contributed by atoms with Gasteiger partial charge in [-0.3, -0.25) is 14.4 Å². The van der Waals surface area contributed by atoms with Crippen molar-refractivity contribution in [1.82, 2.24) is 5.32 Å². The van der Waals surface area contributed by atoms with Crippen LogP contribution in [0.5, 0.6) is 0 Å². The molecule has 74 heavy (non-hydrogen) atoms. The monoisotopic (exact) mass is 1050 g/mol. The van der Waals surface area contributed by atoms with E-state index in [4.69, 9.17) is 35.2 Å². The molecule has 0 radical (unpaired) electrons. The van der Waals surface area contributed by atoms with Gasteiger partial charge < -0.3 is 86.4 Å². The highest BCUT2D eigenvalue weighted by molar-refractivity contribution is 5.81. The van der Waals surface area contributed by atoms with E-state index < -0.39 is 140 Å². The summed E-state index contributed by atoms with van der Waals surface area (Å²) in [6, 6.07) is -2.28. The third kappa shape index (κ3) is 21.6. The topological polar surface area (TPSA) is 344 Å². The molecule has 0 aromatic carbocycles. The minimum absolute atomic E-state index is 0.0185. The molecular weight excluding hydrogens is 963 g/mol. The quantitative estimate of drug-likeness (QED) is 0.152. The van der Waals surface area contributed by atoms with Gasteiger partial charge in [-0.25, -0.2) is 0 Å². The Hall–Kier alpha value is -3.97. The Morgan fingerprint density at radius 2 is 1.32 bits per heavy atom. The van der Waals surface area contributed by atoms with Gasteiger partial charge in [0.05, 0.1) is 80.5 Å². The van der Waals surface area contributed by atoms with Crippen molar-refractivity contribution >= 4 is 17.8 Å². The van der Waals surface area contributed by atoms with E-state index in [1.807, 2.05) is 49.5 Å². The number of fused-ring (bicyclic) bond motifs is 2. The largest absolute Gasteiger partial charge is 0.469 e. The van der Waals surface area contributed by atoms with Gasteiger partial charge in [-0.2, -0.15) is 0 Å². The third-order valence-electron chi connectivity index (χ3n) is 14.1. The molecule has 0 aromatic heterocycles. The predicted octanol–water partition coefficient (Wildman–Crippen LogP) is 1.30. The first-order valence-corrected chi connectivity index (χ1v) is 25.9. The lowest BCUT2D eigenvalue weighted by Crippen LogP contribution is -2.65. The number of hydrogen-bond donors (Lipinski definition) is 12. The summed E-state index contributed by atoms with van der Waals surface area (Å²) in [6.45, 7) is 9.75. The second-order valence-corrected chi connectivity index (χ2v) is 20.1. The van der Waals surface area contributed by atoms with Crippen LogP contribution in [0.15, 0.2) is 85.1 Å². The molecule has 420 valence electrons. The molecule has 20 nitrogen and oxygen atoms in total. The average Bonchev–Trinajstić information content (AvgIpc) is 3.33. The molecule has 0 saturated carbocycles. The van der Waals surface area contributed by atoms with Crippen LogP contribution in [0, 0.1) is 23.7 Å². The number of hydrogen-bond acceptors (Lipinski definition) is 19. The van der Waals surface area contributed by atoms with E-state index >= 15 is 0 Å². The zero-order valence-corrected chi connectivity index (χ0v) is 43.8. The summed E-state index contributed by atoms with van der Waals surface area (Å²) < 4.78 is 29.0. The smallest absolute Gasteiger partial charge is 0.313 e. The fourth-order valence-corrected chi connectivity index (χ4v) is 9.18. The van der Waals surface area contributed by atoms with Crippen LogP contribution in [0.2, 0.25) is 0 Å². The molecule has 20 heteroatoms. The van der Waals surface area contributed by atoms with Crippen molar-refractivity contribution in [2.24, 2.45) is 35.1 Å². The molecule has 2 bridgehead atoms. The molecule has 3 rings (SSSR count). The third-order valence-corrected chi connectivity index (χ3v) is 14.1. The number of amides is 1. The van der Waals surface area contributed by atoms with Crippen LogP contribution >= 0.6 is 0 Å². The number of carbonyl (C=O) groups is 3. The molecule has 0 aliphatic carbocycles. The standard InChI is InChI=1S/C54H87N3O17/c1-32-20-17-15-13-11-9-7-8-10-12-14-16-18-21-40(73-53-50(66)48(49(65)36(5)72-53)57-51(67)41(56)22-19-25-55)29-45-47(52(68)70-6)44(63)31-54(69,74-45)30-39(60)27-43(62)42(61)24-23-37(58)26-38(59)28-46(64)71-35(4)34(3)33(32)2/h7-18,20-21,32-45,47-50,53,58-63,65-66,69H,19,22-31,55-56H2,1-6H3,(H,57,67)/b8-7+,11-9+,12-10+,15-13+,16-14+,20-17+,21-18+/t32-,33+,34+,35-,36+,37+,38+,39-,40-,41+,42+,43+,44-,45-,47+,48-,49+,50-,53-,54+/m0/s1. The van der Waals surface area contributed by atoms with E-state index in [1.54, 1.807) is 43.4 Å². The average molecular weight is 1050 g/mol. The first-order chi connectivity index (χ1) is 35.0. The van der Waals surface area contributed by atoms with Gasteiger partial charge in [0.2, 0.25) is 5.91 Å². The Balaban J connectivity index is 1.94. The van der Waals surface area contributed by atoms with Gasteiger partial charge in [-0.1, -0.05) is 106 Å². The molecule has 0 unspecified atom stereocenters. The van der Waals surface area contributed by atoms with E-state index in [0.717, 1.165) is 7.11 Å². The zero-order chi connectivity index (χ0) is 55.1. The number of aliphatic hydroxyl groups excluding tert-OH is 8. The summed E-state index contributed by atoms with van der Waals surface area (Å²) in [7, 11) is 1.10. The fourth-order valence-electron chi connectivity index (χ4n) is 9.18. The maximum absolute atomic E-state index is 13.2. The summed E-state index contributed by atoms with van der Waals surface area (Å²) in [4.78, 5) is 39.0. The Morgan fingerprint density at radius 1 is 0.730 bits per heavy atom. The molecule has 2 saturated heterocycles. The number of methoxy groups -OCH3 is 1. The number of cyclic esters (lactones) is 1. The molecule has 3 aliphatic heterocycles. The first kappa shape index (κ1) is 64.3. The van der Waals surface area contributed by atoms with Crippen molar-refractivity contribution in [3.05, 3.63) is 85.1 Å². The van der Waals surface area contributed by atoms with Crippen LogP contribution in [0.4, 0.5) is 0 Å². The van der Waals surface area contributed by atoms with Gasteiger partial charge in [0, 0.05) is 25.7 Å². The highest BCUT2D eigenvalue weighted by Crippen LogP contribution is 2.39. The van der Waals surface area contributed by atoms with Crippen molar-refractivity contribution in [2.75, 3.05) is 13.7 Å². The van der Waals surface area contributed by atoms with Gasteiger partial charge in [-0.05, 0) is 70.3 Å². The van der Waals surface area contributed by atoms with Gasteiger partial charge in [-0.15, -0.1) is 0 Å². The van der Waals surface area contributed by atoms with Crippen molar-refractivity contribution in [3.63, 3.8) is 0 Å². The number of allylic oxidation sites excluding steroid dienone is 13. The highest BCUT2D eigenvalue weighted by Gasteiger charge is 2.51. The minimum atomic E-state index is -2.32. The summed E-state index contributed by atoms with van der Waals surface area (Å²) in [5.41, 5.74) is 11.6. The fraction of sp³-hybridized carbons (Fsp3) is 0.685. The number of rotatable bonds is 8. The Kier molecular flexibility index (Phi) is 28.3. The molecule has 0 aromatic rings. The first-order valence-electron chi connectivity index (χ1n) is 25.9. The van der Waals surface area contributed by atoms with Crippen LogP contribution in [0.25, 0.3) is 0 Å². The molecule has 2 fully saturated rings. The van der Waals surface area contributed by atoms with Gasteiger partial charge in [0.1, 0.15) is 24.2 Å². The van der Waals surface area contributed by atoms with Crippen molar-refractivity contribution in [2.45, 2.75) is 196 Å². The SMILES string of the molecule is COC(=O)[C@H]1[C@@H]2C[C@@H](O[C@@H]3O[C@H](C)[C@@H](O)[C@H](NC(=O)[C@H](N)CCCN)[C@@H]3O)/C=C/C=C/C=C/C=C/C=C/C=C/C=C/[C@H](C)[C@@H](C)[C@@H](C)[C@H](C)OC(=O)C[C@H](O)C[C@H](O)CC[C@@H](O)[C@H](O)C[C@H](O)C[C@](O)(C[C@@H]1O)O2. The van der Waals surface area contributed by atoms with Gasteiger partial charge >= 0.3 is 11.9 Å². The van der Waals surface area contributed by atoms with E-state index in [1.165, 1.54) is 6.92 Å². The maximum Gasteiger partial charge on any atom is 0.313 e. The molecule has 14 N–H and O–H groups in total. The molecule has 20 atom stereocenters. The normalized spacial score (nSPS) is 41.7. The van der Waals surface area contributed by atoms with Crippen LogP contribution in [0.3, 0.4) is 0 Å². The predicted molar refractivity (Wildman–Crippen MR) is 275 cm³/mol. The van der Waals surface area contributed by atoms with Gasteiger partial charge in [0.25, 0.3) is 0 Å². The number of carbonyl (C=O) groups excluding carboxylic acids is 3. The minimum Gasteiger partial charge on any atom is -0.469 e. The highest BCUT2D eigenvalue weighted by atomic mass is 16.7. The number of esters is 2. The Bertz CT molecular complexity index is 1910. The van der Waals surface area contributed by atoms with E-state index in [-0.39, 0.29) is 56.3 Å². The van der Waals surface area contributed by atoms with Crippen molar-refractivity contribution in [3.8, 4) is 0 Å². The summed E-state index contributed by atoms with van der Waals surface area (Å²) in [5, 5.41) is 102. The van der Waals surface area contributed by atoms with Crippen molar-refractivity contribution in [1.29, 1.82) is 0 Å². The zero-order valence-electron chi connectivity index (χ0n) is 43.8. The maximum atomic E-state index is 13.2.